The van der Waals surface area contributed by atoms with E-state index in [1.807, 2.05) is 6.21 Å². The van der Waals surface area contributed by atoms with Gasteiger partial charge >= 0.3 is 0 Å². The summed E-state index contributed by atoms with van der Waals surface area (Å²) in [5.41, 5.74) is 1.17. The van der Waals surface area contributed by atoms with Gasteiger partial charge in [0.05, 0.1) is 6.61 Å². The van der Waals surface area contributed by atoms with Gasteiger partial charge in [0.15, 0.2) is 0 Å². The van der Waals surface area contributed by atoms with E-state index in [0.717, 1.165) is 18.1 Å². The van der Waals surface area contributed by atoms with E-state index in [0.29, 0.717) is 0 Å². The molecule has 0 spiro atoms. The van der Waals surface area contributed by atoms with Gasteiger partial charge in [-0.15, -0.1) is 0 Å². The molecule has 0 bridgehead atoms. The van der Waals surface area contributed by atoms with E-state index < -0.39 is 0 Å². The monoisotopic (exact) mass is 309 g/mol. The fourth-order valence-electron chi connectivity index (χ4n) is 2.64. The lowest BCUT2D eigenvalue weighted by molar-refractivity contribution is 0.322. The van der Waals surface area contributed by atoms with Gasteiger partial charge < -0.3 is 5.11 Å². The maximum Gasteiger partial charge on any atom is 0.0521 e. The average Bonchev–Trinajstić information content (AvgIpc) is 2.58. The van der Waals surface area contributed by atoms with Crippen LogP contribution in [-0.2, 0) is 0 Å². The van der Waals surface area contributed by atoms with Crippen LogP contribution in [-0.4, -0.2) is 36.0 Å². The molecule has 0 saturated heterocycles. The smallest absolute Gasteiger partial charge is 0.0521 e. The van der Waals surface area contributed by atoms with E-state index in [2.05, 4.69) is 59.6 Å². The van der Waals surface area contributed by atoms with Crippen LogP contribution in [0.3, 0.4) is 0 Å². The zero-order valence-corrected chi connectivity index (χ0v) is 13.2. The molecule has 2 nitrogen and oxygen atoms in total. The first-order valence-electron chi connectivity index (χ1n) is 7.49. The molecule has 3 heteroatoms. The number of hydrogen-bond acceptors (Lipinski definition) is 3. The van der Waals surface area contributed by atoms with E-state index in [1.54, 1.807) is 11.8 Å². The highest BCUT2D eigenvalue weighted by Gasteiger charge is 2.04. The molecule has 0 radical (unpaired) electrons. The Morgan fingerprint density at radius 1 is 0.909 bits per heavy atom. The summed E-state index contributed by atoms with van der Waals surface area (Å²) in [4.78, 5) is 4.54. The maximum absolute atomic E-state index is 8.76. The number of rotatable bonds is 6. The van der Waals surface area contributed by atoms with Crippen molar-refractivity contribution >= 4 is 39.5 Å². The van der Waals surface area contributed by atoms with E-state index >= 15 is 0 Å². The van der Waals surface area contributed by atoms with Gasteiger partial charge in [0, 0.05) is 29.8 Å². The van der Waals surface area contributed by atoms with Gasteiger partial charge in [0.2, 0.25) is 0 Å². The van der Waals surface area contributed by atoms with Crippen molar-refractivity contribution in [2.24, 2.45) is 4.99 Å². The number of aliphatic hydroxyl groups is 1. The van der Waals surface area contributed by atoms with Crippen LogP contribution < -0.4 is 0 Å². The predicted octanol–water partition coefficient (Wildman–Crippen LogP) is 4.14. The first kappa shape index (κ1) is 15.1. The Morgan fingerprint density at radius 3 is 2.45 bits per heavy atom. The molecule has 3 aromatic carbocycles. The molecular formula is C19H19NOS. The Balaban J connectivity index is 1.92. The average molecular weight is 309 g/mol. The van der Waals surface area contributed by atoms with Crippen molar-refractivity contribution in [2.45, 2.75) is 0 Å². The number of hydrogen-bond donors (Lipinski definition) is 1. The van der Waals surface area contributed by atoms with E-state index in [1.165, 1.54) is 27.1 Å². The zero-order valence-electron chi connectivity index (χ0n) is 12.4. The topological polar surface area (TPSA) is 32.6 Å². The third-order valence-corrected chi connectivity index (χ3v) is 4.57. The second kappa shape index (κ2) is 7.43. The van der Waals surface area contributed by atoms with Crippen LogP contribution in [0.1, 0.15) is 5.56 Å². The molecule has 3 rings (SSSR count). The highest BCUT2D eigenvalue weighted by atomic mass is 32.2. The predicted molar refractivity (Wildman–Crippen MR) is 98.3 cm³/mol. The second-order valence-electron chi connectivity index (χ2n) is 5.10. The molecule has 0 aliphatic rings. The van der Waals surface area contributed by atoms with Gasteiger partial charge in [-0.1, -0.05) is 48.5 Å². The first-order valence-corrected chi connectivity index (χ1v) is 8.64. The largest absolute Gasteiger partial charge is 0.396 e. The number of aliphatic hydroxyl groups excluding tert-OH is 1. The van der Waals surface area contributed by atoms with Crippen LogP contribution in [0, 0.1) is 0 Å². The van der Waals surface area contributed by atoms with Crippen molar-refractivity contribution in [3.63, 3.8) is 0 Å². The molecule has 0 aliphatic heterocycles. The van der Waals surface area contributed by atoms with Crippen LogP contribution in [0.25, 0.3) is 21.5 Å². The van der Waals surface area contributed by atoms with Crippen LogP contribution in [0.5, 0.6) is 0 Å². The summed E-state index contributed by atoms with van der Waals surface area (Å²) in [6.45, 7) is 1.02. The molecule has 0 aromatic heterocycles. The first-order chi connectivity index (χ1) is 10.9. The van der Waals surface area contributed by atoms with E-state index in [-0.39, 0.29) is 6.61 Å². The van der Waals surface area contributed by atoms with Gasteiger partial charge in [0.1, 0.15) is 0 Å². The van der Waals surface area contributed by atoms with Gasteiger partial charge in [-0.3, -0.25) is 4.99 Å². The number of benzene rings is 3. The van der Waals surface area contributed by atoms with Crippen molar-refractivity contribution in [1.82, 2.24) is 0 Å². The van der Waals surface area contributed by atoms with Crippen LogP contribution >= 0.6 is 11.8 Å². The van der Waals surface area contributed by atoms with Crippen LogP contribution in [0.15, 0.2) is 59.6 Å². The lowest BCUT2D eigenvalue weighted by atomic mass is 9.98. The molecule has 1 N–H and O–H groups in total. The SMILES string of the molecule is OCCSCCN=Cc1cc2ccccc2c2ccccc12. The van der Waals surface area contributed by atoms with Crippen molar-refractivity contribution < 1.29 is 5.11 Å². The van der Waals surface area contributed by atoms with Gasteiger partial charge in [0.25, 0.3) is 0 Å². The number of aliphatic imine (C=N–C) groups is 1. The molecule has 0 atom stereocenters. The lowest BCUT2D eigenvalue weighted by Crippen LogP contribution is -1.93. The lowest BCUT2D eigenvalue weighted by Gasteiger charge is -2.07. The highest BCUT2D eigenvalue weighted by Crippen LogP contribution is 2.27. The summed E-state index contributed by atoms with van der Waals surface area (Å²) >= 11 is 1.73. The van der Waals surface area contributed by atoms with Crippen molar-refractivity contribution in [3.8, 4) is 0 Å². The fourth-order valence-corrected chi connectivity index (χ4v) is 3.20. The number of nitrogens with zero attached hydrogens (tertiary/aromatic N) is 1. The van der Waals surface area contributed by atoms with Crippen LogP contribution in [0.4, 0.5) is 0 Å². The molecule has 3 aromatic rings. The van der Waals surface area contributed by atoms with E-state index in [4.69, 9.17) is 5.11 Å². The summed E-state index contributed by atoms with van der Waals surface area (Å²) < 4.78 is 0. The minimum Gasteiger partial charge on any atom is -0.396 e. The minimum atomic E-state index is 0.240. The highest BCUT2D eigenvalue weighted by molar-refractivity contribution is 7.99. The van der Waals surface area contributed by atoms with Gasteiger partial charge in [-0.05, 0) is 27.6 Å². The second-order valence-corrected chi connectivity index (χ2v) is 6.33. The zero-order chi connectivity index (χ0) is 15.2. The number of thioether (sulfide) groups is 1. The molecule has 112 valence electrons. The maximum atomic E-state index is 8.76. The Morgan fingerprint density at radius 2 is 1.64 bits per heavy atom. The minimum absolute atomic E-state index is 0.240. The molecule has 0 aliphatic carbocycles. The summed E-state index contributed by atoms with van der Waals surface area (Å²) in [7, 11) is 0. The molecule has 0 fully saturated rings. The summed E-state index contributed by atoms with van der Waals surface area (Å²) in [5.74, 6) is 1.73. The van der Waals surface area contributed by atoms with Crippen molar-refractivity contribution in [3.05, 3.63) is 60.2 Å². The molecular weight excluding hydrogens is 290 g/mol. The molecule has 22 heavy (non-hydrogen) atoms. The van der Waals surface area contributed by atoms with E-state index in [9.17, 15) is 0 Å². The summed E-state index contributed by atoms with van der Waals surface area (Å²) in [6, 6.07) is 19.2. The summed E-state index contributed by atoms with van der Waals surface area (Å²) in [6.07, 6.45) is 1.98. The molecule has 0 heterocycles. The van der Waals surface area contributed by atoms with Gasteiger partial charge in [-0.2, -0.15) is 11.8 Å². The normalized spacial score (nSPS) is 11.7. The Labute approximate surface area is 134 Å². The fraction of sp³-hybridized carbons (Fsp3) is 0.211. The standard InChI is InChI=1S/C19H19NOS/c21-10-12-22-11-9-20-14-16-13-15-5-1-2-6-17(15)19-8-4-3-7-18(16)19/h1-8,13-14,21H,9-12H2. The molecule has 0 amide bonds. The molecule has 0 saturated carbocycles. The number of fused-ring (bicyclic) bond motifs is 3. The Hall–Kier alpha value is -1.84. The third kappa shape index (κ3) is 3.32. The Bertz CT molecular complexity index is 798. The molecule has 0 unspecified atom stereocenters. The Kier molecular flexibility index (Phi) is 5.09. The van der Waals surface area contributed by atoms with Crippen molar-refractivity contribution in [1.29, 1.82) is 0 Å². The summed E-state index contributed by atoms with van der Waals surface area (Å²) in [5, 5.41) is 13.8. The van der Waals surface area contributed by atoms with Crippen LogP contribution in [0.2, 0.25) is 0 Å². The quantitative estimate of drug-likeness (QED) is 0.422. The third-order valence-electron chi connectivity index (χ3n) is 3.63. The van der Waals surface area contributed by atoms with Gasteiger partial charge in [-0.25, -0.2) is 0 Å². The van der Waals surface area contributed by atoms with Crippen molar-refractivity contribution in [2.75, 3.05) is 24.7 Å².